The molecule has 5 aromatic rings. The molecule has 0 spiro atoms. The summed E-state index contributed by atoms with van der Waals surface area (Å²) in [6.45, 7) is 7.09. The molecule has 8 heteroatoms. The van der Waals surface area contributed by atoms with E-state index < -0.39 is 0 Å². The summed E-state index contributed by atoms with van der Waals surface area (Å²) in [5.74, 6) is 0.529. The first-order chi connectivity index (χ1) is 19.6. The Morgan fingerprint density at radius 2 is 1.98 bits per heavy atom. The van der Waals surface area contributed by atoms with E-state index in [9.17, 15) is 0 Å². The molecule has 1 saturated carbocycles. The summed E-state index contributed by atoms with van der Waals surface area (Å²) in [4.78, 5) is 20.0. The highest BCUT2D eigenvalue weighted by Gasteiger charge is 2.18. The van der Waals surface area contributed by atoms with Crippen molar-refractivity contribution >= 4 is 45.1 Å². The Morgan fingerprint density at radius 3 is 2.83 bits per heavy atom. The highest BCUT2D eigenvalue weighted by Crippen LogP contribution is 2.36. The summed E-state index contributed by atoms with van der Waals surface area (Å²) in [5, 5.41) is 13.3. The number of aromatic amines is 2. The highest BCUT2D eigenvalue weighted by atomic mass is 32.1. The third-order valence-electron chi connectivity index (χ3n) is 7.90. The summed E-state index contributed by atoms with van der Waals surface area (Å²) < 4.78 is 0. The molecule has 6 heterocycles. The van der Waals surface area contributed by atoms with Gasteiger partial charge in [0.2, 0.25) is 0 Å². The Labute approximate surface area is 236 Å². The Hall–Kier alpha value is -4.30. The monoisotopic (exact) mass is 545 g/mol. The molecule has 1 aliphatic carbocycles. The van der Waals surface area contributed by atoms with Gasteiger partial charge >= 0.3 is 0 Å². The number of nitrogens with one attached hydrogen (secondary N) is 3. The number of allylic oxidation sites excluding steroid dienone is 4. The predicted octanol–water partition coefficient (Wildman–Crippen LogP) is 7.57. The summed E-state index contributed by atoms with van der Waals surface area (Å²) >= 11 is 1.76. The van der Waals surface area contributed by atoms with Crippen LogP contribution in [0.5, 0.6) is 0 Å². The molecule has 40 heavy (non-hydrogen) atoms. The van der Waals surface area contributed by atoms with Gasteiger partial charge < -0.3 is 10.3 Å². The topological polar surface area (TPSA) is 94.6 Å². The average molecular weight is 546 g/mol. The standard InChI is InChI=1S/C32H31N7S/c1-19-8-9-29(40-19)31-25-16-28(37-27(25)11-13-34-31)30-26-15-23(17-35-32(26)39-38-30)22-10-12-33-18-24(14-22)36-20(2)21-6-4-3-5-7-21/h8-11,13-18,21,36-37H,2-7,12H2,1H3,(H,35,38,39). The Kier molecular flexibility index (Phi) is 6.40. The quantitative estimate of drug-likeness (QED) is 0.205. The lowest BCUT2D eigenvalue weighted by Gasteiger charge is -2.24. The molecule has 0 saturated heterocycles. The second-order valence-electron chi connectivity index (χ2n) is 10.6. The first-order valence-corrected chi connectivity index (χ1v) is 14.7. The minimum absolute atomic E-state index is 0.529. The number of H-pyrrole nitrogens is 2. The number of aromatic nitrogens is 5. The minimum atomic E-state index is 0.529. The fraction of sp³-hybridized carbons (Fsp3) is 0.250. The van der Waals surface area contributed by atoms with Gasteiger partial charge in [0.15, 0.2) is 5.65 Å². The van der Waals surface area contributed by atoms with Crippen LogP contribution in [0.2, 0.25) is 0 Å². The van der Waals surface area contributed by atoms with Crippen LogP contribution in [0, 0.1) is 12.8 Å². The number of thiophene rings is 1. The summed E-state index contributed by atoms with van der Waals surface area (Å²) in [6, 6.07) is 10.6. The van der Waals surface area contributed by atoms with E-state index in [1.54, 1.807) is 11.3 Å². The van der Waals surface area contributed by atoms with Crippen LogP contribution in [0.3, 0.4) is 0 Å². The van der Waals surface area contributed by atoms with Crippen LogP contribution in [-0.2, 0) is 0 Å². The van der Waals surface area contributed by atoms with Crippen LogP contribution in [0.15, 0.2) is 77.8 Å². The van der Waals surface area contributed by atoms with Gasteiger partial charge in [-0.15, -0.1) is 11.3 Å². The van der Waals surface area contributed by atoms with Crippen LogP contribution < -0.4 is 5.32 Å². The van der Waals surface area contributed by atoms with Crippen LogP contribution >= 0.6 is 11.3 Å². The number of pyridine rings is 2. The van der Waals surface area contributed by atoms with E-state index in [0.717, 1.165) is 60.8 Å². The van der Waals surface area contributed by atoms with Crippen molar-refractivity contribution < 1.29 is 0 Å². The smallest absolute Gasteiger partial charge is 0.181 e. The number of hydrogen-bond donors (Lipinski definition) is 3. The zero-order chi connectivity index (χ0) is 27.1. The largest absolute Gasteiger partial charge is 0.358 e. The predicted molar refractivity (Wildman–Crippen MR) is 165 cm³/mol. The molecule has 3 N–H and O–H groups in total. The maximum absolute atomic E-state index is 4.70. The summed E-state index contributed by atoms with van der Waals surface area (Å²) in [6.07, 6.45) is 16.3. The number of rotatable bonds is 6. The normalized spacial score (nSPS) is 16.2. The minimum Gasteiger partial charge on any atom is -0.358 e. The number of aliphatic imine (C=N–C) groups is 1. The lowest BCUT2D eigenvalue weighted by atomic mass is 9.87. The van der Waals surface area contributed by atoms with Crippen molar-refractivity contribution in [2.45, 2.75) is 39.0 Å². The fourth-order valence-corrected chi connectivity index (χ4v) is 6.66. The zero-order valence-corrected chi connectivity index (χ0v) is 23.3. The van der Waals surface area contributed by atoms with E-state index in [1.807, 2.05) is 24.7 Å². The number of aryl methyl sites for hydroxylation is 1. The molecule has 0 unspecified atom stereocenters. The molecule has 1 aliphatic heterocycles. The molecular weight excluding hydrogens is 514 g/mol. The van der Waals surface area contributed by atoms with Crippen LogP contribution in [-0.4, -0.2) is 37.9 Å². The lowest BCUT2D eigenvalue weighted by molar-refractivity contribution is 0.393. The van der Waals surface area contributed by atoms with Gasteiger partial charge in [-0.3, -0.25) is 15.1 Å². The molecule has 1 fully saturated rings. The maximum Gasteiger partial charge on any atom is 0.181 e. The van der Waals surface area contributed by atoms with Crippen molar-refractivity contribution in [1.29, 1.82) is 0 Å². The number of hydrogen-bond acceptors (Lipinski definition) is 6. The van der Waals surface area contributed by atoms with E-state index in [-0.39, 0.29) is 0 Å². The van der Waals surface area contributed by atoms with Crippen molar-refractivity contribution in [2.75, 3.05) is 6.54 Å². The molecule has 7 rings (SSSR count). The summed E-state index contributed by atoms with van der Waals surface area (Å²) in [7, 11) is 0. The average Bonchev–Trinajstić information content (AvgIpc) is 3.68. The molecule has 0 radical (unpaired) electrons. The van der Waals surface area contributed by atoms with Crippen molar-refractivity contribution in [3.05, 3.63) is 83.3 Å². The van der Waals surface area contributed by atoms with E-state index in [2.05, 4.69) is 75.4 Å². The van der Waals surface area contributed by atoms with E-state index >= 15 is 0 Å². The molecular formula is C32H31N7S. The van der Waals surface area contributed by atoms with Gasteiger partial charge in [-0.2, -0.15) is 5.10 Å². The summed E-state index contributed by atoms with van der Waals surface area (Å²) in [5.41, 5.74) is 8.74. The zero-order valence-electron chi connectivity index (χ0n) is 22.5. The van der Waals surface area contributed by atoms with E-state index in [4.69, 9.17) is 9.97 Å². The van der Waals surface area contributed by atoms with Crippen LogP contribution in [0.25, 0.3) is 49.5 Å². The molecule has 0 amide bonds. The first-order valence-electron chi connectivity index (χ1n) is 13.9. The maximum atomic E-state index is 4.70. The van der Waals surface area contributed by atoms with Crippen molar-refractivity contribution in [2.24, 2.45) is 10.9 Å². The second-order valence-corrected chi connectivity index (χ2v) is 11.9. The van der Waals surface area contributed by atoms with Crippen molar-refractivity contribution in [3.8, 4) is 22.0 Å². The molecule has 0 aromatic carbocycles. The third kappa shape index (κ3) is 4.69. The highest BCUT2D eigenvalue weighted by molar-refractivity contribution is 7.15. The van der Waals surface area contributed by atoms with Crippen molar-refractivity contribution in [1.82, 2.24) is 30.5 Å². The van der Waals surface area contributed by atoms with Crippen LogP contribution in [0.1, 0.15) is 42.5 Å². The van der Waals surface area contributed by atoms with Gasteiger partial charge in [-0.1, -0.05) is 31.9 Å². The van der Waals surface area contributed by atoms with Gasteiger partial charge in [0.1, 0.15) is 0 Å². The third-order valence-corrected chi connectivity index (χ3v) is 8.90. The first kappa shape index (κ1) is 24.7. The number of nitrogens with zero attached hydrogens (tertiary/aromatic N) is 4. The van der Waals surface area contributed by atoms with E-state index in [0.29, 0.717) is 18.1 Å². The molecule has 0 bridgehead atoms. The molecule has 7 nitrogen and oxygen atoms in total. The van der Waals surface area contributed by atoms with Crippen molar-refractivity contribution in [3.63, 3.8) is 0 Å². The second kappa shape index (κ2) is 10.4. The molecule has 2 aliphatic rings. The van der Waals surface area contributed by atoms with Gasteiger partial charge in [0.25, 0.3) is 0 Å². The van der Waals surface area contributed by atoms with Crippen LogP contribution in [0.4, 0.5) is 0 Å². The Balaban J connectivity index is 1.22. The Bertz CT molecular complexity index is 1820. The van der Waals surface area contributed by atoms with Gasteiger partial charge in [0, 0.05) is 51.0 Å². The molecule has 5 aromatic heterocycles. The Morgan fingerprint density at radius 1 is 1.07 bits per heavy atom. The fourth-order valence-electron chi connectivity index (χ4n) is 5.78. The van der Waals surface area contributed by atoms with E-state index in [1.165, 1.54) is 37.0 Å². The van der Waals surface area contributed by atoms with Gasteiger partial charge in [-0.05, 0) is 67.7 Å². The number of fused-ring (bicyclic) bond motifs is 2. The molecule has 0 atom stereocenters. The van der Waals surface area contributed by atoms with Gasteiger partial charge in [-0.25, -0.2) is 4.98 Å². The SMILES string of the molecule is C=C(NC1=CC(c2cnc3n[nH]c(-c4cc5c(-c6ccc(C)s6)nccc5[nH]4)c3c2)=CCN=C1)C1CCCCC1. The van der Waals surface area contributed by atoms with Gasteiger partial charge in [0.05, 0.1) is 34.2 Å². The lowest BCUT2D eigenvalue weighted by Crippen LogP contribution is -2.21. The molecule has 200 valence electrons.